The second-order valence-corrected chi connectivity index (χ2v) is 6.73. The Hall–Kier alpha value is -3.18. The first-order valence-corrected chi connectivity index (χ1v) is 9.54. The molecule has 0 bridgehead atoms. The molecule has 6 heteroatoms. The number of anilines is 1. The summed E-state index contributed by atoms with van der Waals surface area (Å²) in [6.45, 7) is 4.29. The van der Waals surface area contributed by atoms with Gasteiger partial charge in [0.05, 0.1) is 18.7 Å². The van der Waals surface area contributed by atoms with Gasteiger partial charge in [-0.05, 0) is 67.9 Å². The molecule has 1 N–H and O–H groups in total. The fraction of sp³-hybridized carbons (Fsp3) is 0.174. The SMILES string of the molecule is CCOc1cc(C(=O)Nc2ccc(Oc3cccc(C)c3)cc2)cc(Cl)c1OC. The molecule has 3 rings (SSSR count). The van der Waals surface area contributed by atoms with Gasteiger partial charge in [0.2, 0.25) is 0 Å². The van der Waals surface area contributed by atoms with E-state index in [0.29, 0.717) is 40.1 Å². The van der Waals surface area contributed by atoms with Gasteiger partial charge in [-0.25, -0.2) is 0 Å². The molecule has 5 nitrogen and oxygen atoms in total. The van der Waals surface area contributed by atoms with Crippen LogP contribution in [-0.4, -0.2) is 19.6 Å². The van der Waals surface area contributed by atoms with Crippen LogP contribution in [0.3, 0.4) is 0 Å². The van der Waals surface area contributed by atoms with Crippen molar-refractivity contribution < 1.29 is 19.0 Å². The van der Waals surface area contributed by atoms with Gasteiger partial charge in [-0.3, -0.25) is 4.79 Å². The van der Waals surface area contributed by atoms with Gasteiger partial charge < -0.3 is 19.5 Å². The van der Waals surface area contributed by atoms with Crippen LogP contribution in [0.5, 0.6) is 23.0 Å². The summed E-state index contributed by atoms with van der Waals surface area (Å²) in [4.78, 5) is 12.6. The number of carbonyl (C=O) groups excluding carboxylic acids is 1. The molecule has 0 spiro atoms. The minimum atomic E-state index is -0.303. The molecular formula is C23H22ClNO4. The smallest absolute Gasteiger partial charge is 0.255 e. The average molecular weight is 412 g/mol. The number of methoxy groups -OCH3 is 1. The molecule has 0 fully saturated rings. The molecule has 150 valence electrons. The van der Waals surface area contributed by atoms with Crippen LogP contribution >= 0.6 is 11.6 Å². The summed E-state index contributed by atoms with van der Waals surface area (Å²) >= 11 is 6.22. The van der Waals surface area contributed by atoms with Crippen molar-refractivity contribution in [1.29, 1.82) is 0 Å². The number of carbonyl (C=O) groups is 1. The van der Waals surface area contributed by atoms with E-state index in [4.69, 9.17) is 25.8 Å². The van der Waals surface area contributed by atoms with Gasteiger partial charge in [0.1, 0.15) is 11.5 Å². The van der Waals surface area contributed by atoms with Crippen molar-refractivity contribution in [2.75, 3.05) is 19.0 Å². The third kappa shape index (κ3) is 5.21. The zero-order valence-electron chi connectivity index (χ0n) is 16.5. The molecule has 0 aliphatic carbocycles. The molecule has 0 aliphatic rings. The number of aryl methyl sites for hydroxylation is 1. The van der Waals surface area contributed by atoms with Gasteiger partial charge in [-0.15, -0.1) is 0 Å². The van der Waals surface area contributed by atoms with E-state index >= 15 is 0 Å². The predicted octanol–water partition coefficient (Wildman–Crippen LogP) is 6.10. The van der Waals surface area contributed by atoms with E-state index in [-0.39, 0.29) is 5.91 Å². The summed E-state index contributed by atoms with van der Waals surface area (Å²) in [6.07, 6.45) is 0. The van der Waals surface area contributed by atoms with Gasteiger partial charge in [-0.2, -0.15) is 0 Å². The minimum Gasteiger partial charge on any atom is -0.491 e. The van der Waals surface area contributed by atoms with Gasteiger partial charge in [-0.1, -0.05) is 23.7 Å². The Labute approximate surface area is 175 Å². The van der Waals surface area contributed by atoms with Crippen molar-refractivity contribution in [1.82, 2.24) is 0 Å². The maximum absolute atomic E-state index is 12.6. The van der Waals surface area contributed by atoms with E-state index in [1.165, 1.54) is 7.11 Å². The van der Waals surface area contributed by atoms with E-state index in [1.54, 1.807) is 36.4 Å². The van der Waals surface area contributed by atoms with Crippen LogP contribution in [0.4, 0.5) is 5.69 Å². The summed E-state index contributed by atoms with van der Waals surface area (Å²) in [6, 6.07) is 18.1. The Morgan fingerprint density at radius 3 is 2.45 bits per heavy atom. The maximum Gasteiger partial charge on any atom is 0.255 e. The lowest BCUT2D eigenvalue weighted by molar-refractivity contribution is 0.102. The molecular weight excluding hydrogens is 390 g/mol. The fourth-order valence-corrected chi connectivity index (χ4v) is 3.07. The Bertz CT molecular complexity index is 1000. The summed E-state index contributed by atoms with van der Waals surface area (Å²) in [5.74, 6) is 1.97. The molecule has 3 aromatic rings. The van der Waals surface area contributed by atoms with Crippen molar-refractivity contribution in [3.05, 3.63) is 76.8 Å². The van der Waals surface area contributed by atoms with E-state index in [2.05, 4.69) is 5.32 Å². The quantitative estimate of drug-likeness (QED) is 0.510. The number of amides is 1. The Balaban J connectivity index is 1.72. The third-order valence-corrected chi connectivity index (χ3v) is 4.39. The van der Waals surface area contributed by atoms with Crippen LogP contribution in [0.25, 0.3) is 0 Å². The summed E-state index contributed by atoms with van der Waals surface area (Å²) in [5.41, 5.74) is 2.13. The highest BCUT2D eigenvalue weighted by atomic mass is 35.5. The number of hydrogen-bond donors (Lipinski definition) is 1. The second kappa shape index (κ2) is 9.34. The Kier molecular flexibility index (Phi) is 6.62. The summed E-state index contributed by atoms with van der Waals surface area (Å²) in [7, 11) is 1.50. The van der Waals surface area contributed by atoms with Gasteiger partial charge in [0, 0.05) is 11.3 Å². The predicted molar refractivity (Wildman–Crippen MR) is 115 cm³/mol. The highest BCUT2D eigenvalue weighted by Crippen LogP contribution is 2.36. The Morgan fingerprint density at radius 1 is 1.03 bits per heavy atom. The summed E-state index contributed by atoms with van der Waals surface area (Å²) < 4.78 is 16.6. The zero-order valence-corrected chi connectivity index (χ0v) is 17.2. The first-order chi connectivity index (χ1) is 14.0. The number of nitrogens with one attached hydrogen (secondary N) is 1. The molecule has 0 saturated heterocycles. The highest BCUT2D eigenvalue weighted by Gasteiger charge is 2.16. The molecule has 0 radical (unpaired) electrons. The van der Waals surface area contributed by atoms with Gasteiger partial charge in [0.15, 0.2) is 11.5 Å². The van der Waals surface area contributed by atoms with E-state index in [1.807, 2.05) is 38.1 Å². The van der Waals surface area contributed by atoms with Crippen molar-refractivity contribution in [2.45, 2.75) is 13.8 Å². The maximum atomic E-state index is 12.6. The van der Waals surface area contributed by atoms with E-state index < -0.39 is 0 Å². The highest BCUT2D eigenvalue weighted by molar-refractivity contribution is 6.32. The van der Waals surface area contributed by atoms with Crippen LogP contribution in [0.2, 0.25) is 5.02 Å². The monoisotopic (exact) mass is 411 g/mol. The number of benzene rings is 3. The molecule has 0 saturated carbocycles. The van der Waals surface area contributed by atoms with Crippen molar-refractivity contribution in [3.63, 3.8) is 0 Å². The summed E-state index contributed by atoms with van der Waals surface area (Å²) in [5, 5.41) is 3.15. The average Bonchev–Trinajstić information content (AvgIpc) is 2.69. The molecule has 0 heterocycles. The van der Waals surface area contributed by atoms with Crippen LogP contribution in [-0.2, 0) is 0 Å². The fourth-order valence-electron chi connectivity index (χ4n) is 2.78. The van der Waals surface area contributed by atoms with Gasteiger partial charge >= 0.3 is 0 Å². The van der Waals surface area contributed by atoms with Crippen LogP contribution < -0.4 is 19.5 Å². The lowest BCUT2D eigenvalue weighted by Gasteiger charge is -2.13. The third-order valence-electron chi connectivity index (χ3n) is 4.11. The molecule has 0 aliphatic heterocycles. The van der Waals surface area contributed by atoms with Crippen molar-refractivity contribution >= 4 is 23.2 Å². The van der Waals surface area contributed by atoms with E-state index in [9.17, 15) is 4.79 Å². The topological polar surface area (TPSA) is 56.8 Å². The number of halogens is 1. The molecule has 0 atom stereocenters. The standard InChI is InChI=1S/C23H22ClNO4/c1-4-28-21-14-16(13-20(24)22(21)27-3)23(26)25-17-8-10-18(11-9-17)29-19-7-5-6-15(2)12-19/h5-14H,4H2,1-3H3,(H,25,26). The van der Waals surface area contributed by atoms with Crippen LogP contribution in [0.1, 0.15) is 22.8 Å². The molecule has 29 heavy (non-hydrogen) atoms. The molecule has 0 aromatic heterocycles. The zero-order chi connectivity index (χ0) is 20.8. The van der Waals surface area contributed by atoms with Crippen molar-refractivity contribution in [2.24, 2.45) is 0 Å². The molecule has 0 unspecified atom stereocenters. The number of hydrogen-bond acceptors (Lipinski definition) is 4. The first-order valence-electron chi connectivity index (χ1n) is 9.16. The Morgan fingerprint density at radius 2 is 1.79 bits per heavy atom. The molecule has 3 aromatic carbocycles. The van der Waals surface area contributed by atoms with Gasteiger partial charge in [0.25, 0.3) is 5.91 Å². The lowest BCUT2D eigenvalue weighted by atomic mass is 10.1. The van der Waals surface area contributed by atoms with Crippen molar-refractivity contribution in [3.8, 4) is 23.0 Å². The van der Waals surface area contributed by atoms with E-state index in [0.717, 1.165) is 11.3 Å². The van der Waals surface area contributed by atoms with Crippen LogP contribution in [0, 0.1) is 6.92 Å². The first kappa shape index (κ1) is 20.6. The van der Waals surface area contributed by atoms with Crippen LogP contribution in [0.15, 0.2) is 60.7 Å². The number of rotatable bonds is 7. The minimum absolute atomic E-state index is 0.303. The normalized spacial score (nSPS) is 10.3. The second-order valence-electron chi connectivity index (χ2n) is 6.32. The molecule has 1 amide bonds. The number of ether oxygens (including phenoxy) is 3. The lowest BCUT2D eigenvalue weighted by Crippen LogP contribution is -2.12. The largest absolute Gasteiger partial charge is 0.491 e.